The van der Waals surface area contributed by atoms with Crippen LogP contribution >= 0.6 is 15.9 Å². The molecule has 0 spiro atoms. The summed E-state index contributed by atoms with van der Waals surface area (Å²) in [5.41, 5.74) is 1.86. The number of halogens is 1. The standard InChI is InChI=1S/C16H18BrNO3S/c1-12(19)14-4-2-13(3-5-14)10-11-18-22(20,21)16-8-6-15(17)7-9-16/h2-9,12,18-19H,10-11H2,1H3. The van der Waals surface area contributed by atoms with Crippen LogP contribution in [0.15, 0.2) is 57.9 Å². The quantitative estimate of drug-likeness (QED) is 0.805. The van der Waals surface area contributed by atoms with Gasteiger partial charge in [-0.25, -0.2) is 13.1 Å². The first kappa shape index (κ1) is 17.1. The van der Waals surface area contributed by atoms with Gasteiger partial charge < -0.3 is 5.11 Å². The molecular weight excluding hydrogens is 366 g/mol. The van der Waals surface area contributed by atoms with Gasteiger partial charge in [0.25, 0.3) is 0 Å². The third kappa shape index (κ3) is 4.64. The Kier molecular flexibility index (Phi) is 5.74. The minimum Gasteiger partial charge on any atom is -0.389 e. The molecule has 4 nitrogen and oxygen atoms in total. The third-order valence-corrected chi connectivity index (χ3v) is 5.30. The molecule has 0 bridgehead atoms. The second-order valence-electron chi connectivity index (χ2n) is 5.02. The zero-order chi connectivity index (χ0) is 16.2. The van der Waals surface area contributed by atoms with E-state index < -0.39 is 16.1 Å². The number of hydrogen-bond donors (Lipinski definition) is 2. The average molecular weight is 384 g/mol. The van der Waals surface area contributed by atoms with E-state index in [0.717, 1.165) is 15.6 Å². The molecule has 1 unspecified atom stereocenters. The number of sulfonamides is 1. The molecule has 0 saturated heterocycles. The van der Waals surface area contributed by atoms with Crippen molar-refractivity contribution >= 4 is 26.0 Å². The highest BCUT2D eigenvalue weighted by molar-refractivity contribution is 9.10. The maximum Gasteiger partial charge on any atom is 0.240 e. The molecule has 2 aromatic rings. The first-order chi connectivity index (χ1) is 10.4. The number of rotatable bonds is 6. The zero-order valence-corrected chi connectivity index (χ0v) is 14.6. The fourth-order valence-corrected chi connectivity index (χ4v) is 3.29. The Labute approximate surface area is 139 Å². The molecule has 2 N–H and O–H groups in total. The van der Waals surface area contributed by atoms with Crippen LogP contribution in [0, 0.1) is 0 Å². The van der Waals surface area contributed by atoms with Gasteiger partial charge >= 0.3 is 0 Å². The van der Waals surface area contributed by atoms with Gasteiger partial charge in [-0.05, 0) is 48.7 Å². The normalized spacial score (nSPS) is 13.0. The molecule has 22 heavy (non-hydrogen) atoms. The summed E-state index contributed by atoms with van der Waals surface area (Å²) in [7, 11) is -3.48. The first-order valence-electron chi connectivity index (χ1n) is 6.90. The molecule has 0 amide bonds. The molecule has 2 aromatic carbocycles. The number of hydrogen-bond acceptors (Lipinski definition) is 3. The first-order valence-corrected chi connectivity index (χ1v) is 9.18. The van der Waals surface area contributed by atoms with E-state index in [9.17, 15) is 13.5 Å². The Morgan fingerprint density at radius 1 is 1.09 bits per heavy atom. The van der Waals surface area contributed by atoms with E-state index in [2.05, 4.69) is 20.7 Å². The zero-order valence-electron chi connectivity index (χ0n) is 12.2. The van der Waals surface area contributed by atoms with E-state index in [1.165, 1.54) is 0 Å². The predicted octanol–water partition coefficient (Wildman–Crippen LogP) is 3.02. The summed E-state index contributed by atoms with van der Waals surface area (Å²) in [6.45, 7) is 2.04. The van der Waals surface area contributed by atoms with E-state index in [4.69, 9.17) is 0 Å². The lowest BCUT2D eigenvalue weighted by molar-refractivity contribution is 0.199. The van der Waals surface area contributed by atoms with Crippen molar-refractivity contribution in [1.82, 2.24) is 4.72 Å². The van der Waals surface area contributed by atoms with Gasteiger partial charge in [0.2, 0.25) is 10.0 Å². The summed E-state index contributed by atoms with van der Waals surface area (Å²) in [5, 5.41) is 9.45. The van der Waals surface area contributed by atoms with Gasteiger partial charge in [0, 0.05) is 11.0 Å². The van der Waals surface area contributed by atoms with E-state index in [-0.39, 0.29) is 4.90 Å². The smallest absolute Gasteiger partial charge is 0.240 e. The molecular formula is C16H18BrNO3S. The van der Waals surface area contributed by atoms with Crippen LogP contribution in [0.5, 0.6) is 0 Å². The maximum atomic E-state index is 12.1. The third-order valence-electron chi connectivity index (χ3n) is 3.29. The number of aliphatic hydroxyl groups is 1. The predicted molar refractivity (Wildman–Crippen MR) is 90.1 cm³/mol. The summed E-state index contributed by atoms with van der Waals surface area (Å²) in [6, 6.07) is 14.0. The van der Waals surface area contributed by atoms with E-state index in [1.807, 2.05) is 24.3 Å². The van der Waals surface area contributed by atoms with Crippen molar-refractivity contribution in [2.75, 3.05) is 6.54 Å². The summed E-state index contributed by atoms with van der Waals surface area (Å²) in [6.07, 6.45) is 0.0977. The molecule has 0 fully saturated rings. The second kappa shape index (κ2) is 7.37. The van der Waals surface area contributed by atoms with Crippen molar-refractivity contribution in [3.05, 3.63) is 64.1 Å². The molecule has 118 valence electrons. The maximum absolute atomic E-state index is 12.1. The van der Waals surface area contributed by atoms with Gasteiger partial charge in [-0.3, -0.25) is 0 Å². The summed E-state index contributed by atoms with van der Waals surface area (Å²) >= 11 is 3.28. The molecule has 0 aliphatic heterocycles. The van der Waals surface area contributed by atoms with Crippen LogP contribution in [0.25, 0.3) is 0 Å². The van der Waals surface area contributed by atoms with Crippen LogP contribution in [-0.4, -0.2) is 20.1 Å². The Morgan fingerprint density at radius 2 is 1.68 bits per heavy atom. The Bertz CT molecular complexity index is 710. The van der Waals surface area contributed by atoms with E-state index in [1.54, 1.807) is 31.2 Å². The highest BCUT2D eigenvalue weighted by Gasteiger charge is 2.12. The molecule has 0 aliphatic rings. The van der Waals surface area contributed by atoms with Gasteiger partial charge in [0.05, 0.1) is 11.0 Å². The summed E-state index contributed by atoms with van der Waals surface area (Å²) < 4.78 is 27.7. The summed E-state index contributed by atoms with van der Waals surface area (Å²) in [4.78, 5) is 0.250. The number of aliphatic hydroxyl groups excluding tert-OH is 1. The van der Waals surface area contributed by atoms with Crippen molar-refractivity contribution in [2.45, 2.75) is 24.3 Å². The lowest BCUT2D eigenvalue weighted by Crippen LogP contribution is -2.25. The molecule has 2 rings (SSSR count). The van der Waals surface area contributed by atoms with Gasteiger partial charge in [-0.1, -0.05) is 40.2 Å². The van der Waals surface area contributed by atoms with Gasteiger partial charge in [0.15, 0.2) is 0 Å². The molecule has 0 aromatic heterocycles. The second-order valence-corrected chi connectivity index (χ2v) is 7.70. The van der Waals surface area contributed by atoms with Crippen molar-refractivity contribution in [3.8, 4) is 0 Å². The fraction of sp³-hybridized carbons (Fsp3) is 0.250. The SMILES string of the molecule is CC(O)c1ccc(CCNS(=O)(=O)c2ccc(Br)cc2)cc1. The van der Waals surface area contributed by atoms with Crippen LogP contribution < -0.4 is 4.72 Å². The highest BCUT2D eigenvalue weighted by atomic mass is 79.9. The van der Waals surface area contributed by atoms with Crippen LogP contribution in [-0.2, 0) is 16.4 Å². The molecule has 6 heteroatoms. The van der Waals surface area contributed by atoms with Crippen LogP contribution in [0.4, 0.5) is 0 Å². The van der Waals surface area contributed by atoms with Gasteiger partial charge in [-0.15, -0.1) is 0 Å². The fourth-order valence-electron chi connectivity index (χ4n) is 1.99. The minimum atomic E-state index is -3.48. The summed E-state index contributed by atoms with van der Waals surface area (Å²) in [5.74, 6) is 0. The Hall–Kier alpha value is -1.21. The Morgan fingerprint density at radius 3 is 2.23 bits per heavy atom. The number of benzene rings is 2. The van der Waals surface area contributed by atoms with Gasteiger partial charge in [-0.2, -0.15) is 0 Å². The van der Waals surface area contributed by atoms with Crippen molar-refractivity contribution in [3.63, 3.8) is 0 Å². The topological polar surface area (TPSA) is 66.4 Å². The molecule has 0 radical (unpaired) electrons. The van der Waals surface area contributed by atoms with Crippen LogP contribution in [0.2, 0.25) is 0 Å². The molecule has 0 heterocycles. The monoisotopic (exact) mass is 383 g/mol. The lowest BCUT2D eigenvalue weighted by atomic mass is 10.1. The van der Waals surface area contributed by atoms with Crippen molar-refractivity contribution < 1.29 is 13.5 Å². The highest BCUT2D eigenvalue weighted by Crippen LogP contribution is 2.15. The Balaban J connectivity index is 1.93. The largest absolute Gasteiger partial charge is 0.389 e. The van der Waals surface area contributed by atoms with Crippen LogP contribution in [0.1, 0.15) is 24.2 Å². The van der Waals surface area contributed by atoms with Crippen molar-refractivity contribution in [1.29, 1.82) is 0 Å². The molecule has 0 aliphatic carbocycles. The van der Waals surface area contributed by atoms with E-state index >= 15 is 0 Å². The lowest BCUT2D eigenvalue weighted by Gasteiger charge is -2.08. The van der Waals surface area contributed by atoms with Gasteiger partial charge in [0.1, 0.15) is 0 Å². The number of nitrogens with one attached hydrogen (secondary N) is 1. The molecule has 1 atom stereocenters. The van der Waals surface area contributed by atoms with Crippen LogP contribution in [0.3, 0.4) is 0 Å². The average Bonchev–Trinajstić information content (AvgIpc) is 2.48. The van der Waals surface area contributed by atoms with Crippen molar-refractivity contribution in [2.24, 2.45) is 0 Å². The molecule has 0 saturated carbocycles. The minimum absolute atomic E-state index is 0.250. The van der Waals surface area contributed by atoms with E-state index in [0.29, 0.717) is 13.0 Å².